The zero-order valence-electron chi connectivity index (χ0n) is 13.3. The minimum atomic E-state index is -0.0241. The summed E-state index contributed by atoms with van der Waals surface area (Å²) in [4.78, 5) is 18.9. The third-order valence-corrected chi connectivity index (χ3v) is 4.64. The molecule has 0 aromatic carbocycles. The van der Waals surface area contributed by atoms with Gasteiger partial charge in [0.1, 0.15) is 5.82 Å². The van der Waals surface area contributed by atoms with Crippen LogP contribution in [0.4, 0.5) is 5.82 Å². The summed E-state index contributed by atoms with van der Waals surface area (Å²) in [7, 11) is 2.18. The molecule has 1 saturated carbocycles. The number of nitrogens with one attached hydrogen (secondary N) is 2. The van der Waals surface area contributed by atoms with Crippen LogP contribution >= 0.6 is 0 Å². The fourth-order valence-electron chi connectivity index (χ4n) is 3.01. The van der Waals surface area contributed by atoms with Crippen LogP contribution in [-0.2, 0) is 0 Å². The summed E-state index contributed by atoms with van der Waals surface area (Å²) in [6, 6.07) is 4.93. The van der Waals surface area contributed by atoms with Gasteiger partial charge in [0.25, 0.3) is 5.91 Å². The van der Waals surface area contributed by atoms with Crippen molar-refractivity contribution in [2.45, 2.75) is 50.6 Å². The average molecular weight is 302 g/mol. The molecular formula is C17H26N4O. The van der Waals surface area contributed by atoms with E-state index in [9.17, 15) is 4.79 Å². The molecule has 1 amide bonds. The van der Waals surface area contributed by atoms with Crippen molar-refractivity contribution in [2.75, 3.05) is 25.5 Å². The van der Waals surface area contributed by atoms with Gasteiger partial charge in [0.05, 0.1) is 5.56 Å². The second kappa shape index (κ2) is 7.09. The smallest absolute Gasteiger partial charge is 0.252 e. The maximum Gasteiger partial charge on any atom is 0.252 e. The van der Waals surface area contributed by atoms with E-state index in [2.05, 4.69) is 27.6 Å². The zero-order valence-corrected chi connectivity index (χ0v) is 13.3. The number of likely N-dealkylation sites (tertiary alicyclic amines) is 1. The van der Waals surface area contributed by atoms with Crippen molar-refractivity contribution in [3.8, 4) is 0 Å². The van der Waals surface area contributed by atoms with Gasteiger partial charge < -0.3 is 15.5 Å². The molecule has 1 aromatic rings. The van der Waals surface area contributed by atoms with E-state index in [1.54, 1.807) is 6.20 Å². The summed E-state index contributed by atoms with van der Waals surface area (Å²) in [6.07, 6.45) is 8.98. The molecule has 1 aliphatic carbocycles. The Labute approximate surface area is 132 Å². The molecular weight excluding hydrogens is 276 g/mol. The number of pyridine rings is 1. The van der Waals surface area contributed by atoms with Gasteiger partial charge in [-0.3, -0.25) is 4.79 Å². The van der Waals surface area contributed by atoms with Crippen molar-refractivity contribution in [1.82, 2.24) is 15.2 Å². The quantitative estimate of drug-likeness (QED) is 0.846. The van der Waals surface area contributed by atoms with Crippen LogP contribution in [0.1, 0.15) is 48.9 Å². The second-order valence-electron chi connectivity index (χ2n) is 6.53. The van der Waals surface area contributed by atoms with Crippen LogP contribution in [0.3, 0.4) is 0 Å². The number of nitrogens with zero attached hydrogens (tertiary/aromatic N) is 2. The van der Waals surface area contributed by atoms with Gasteiger partial charge in [-0.25, -0.2) is 4.98 Å². The van der Waals surface area contributed by atoms with Crippen molar-refractivity contribution in [1.29, 1.82) is 0 Å². The summed E-state index contributed by atoms with van der Waals surface area (Å²) >= 11 is 0. The maximum atomic E-state index is 12.1. The maximum absolute atomic E-state index is 12.1. The zero-order chi connectivity index (χ0) is 15.4. The Bertz CT molecular complexity index is 498. The normalized spacial score (nSPS) is 22.3. The number of amides is 1. The minimum Gasteiger partial charge on any atom is -0.367 e. The monoisotopic (exact) mass is 302 g/mol. The molecule has 120 valence electrons. The highest BCUT2D eigenvalue weighted by atomic mass is 16.1. The molecule has 22 heavy (non-hydrogen) atoms. The van der Waals surface area contributed by atoms with Gasteiger partial charge in [-0.15, -0.1) is 0 Å². The Kier molecular flexibility index (Phi) is 4.93. The van der Waals surface area contributed by atoms with Crippen LogP contribution in [0.15, 0.2) is 18.3 Å². The number of carbonyl (C=O) groups excluding carboxylic acids is 1. The Balaban J connectivity index is 1.42. The lowest BCUT2D eigenvalue weighted by atomic mass is 10.0. The molecule has 2 heterocycles. The first-order valence-electron chi connectivity index (χ1n) is 8.43. The summed E-state index contributed by atoms with van der Waals surface area (Å²) in [5.41, 5.74) is 0.637. The van der Waals surface area contributed by atoms with Crippen LogP contribution in [0.2, 0.25) is 0 Å². The van der Waals surface area contributed by atoms with Crippen molar-refractivity contribution < 1.29 is 4.79 Å². The first-order valence-corrected chi connectivity index (χ1v) is 8.43. The highest BCUT2D eigenvalue weighted by molar-refractivity contribution is 5.94. The highest BCUT2D eigenvalue weighted by Gasteiger charge is 2.21. The fraction of sp³-hybridized carbons (Fsp3) is 0.647. The van der Waals surface area contributed by atoms with Gasteiger partial charge >= 0.3 is 0 Å². The van der Waals surface area contributed by atoms with Crippen LogP contribution in [0, 0.1) is 0 Å². The number of piperidine rings is 1. The molecule has 3 rings (SSSR count). The number of anilines is 1. The number of rotatable bonds is 6. The molecule has 1 atom stereocenters. The third-order valence-electron chi connectivity index (χ3n) is 4.64. The third kappa shape index (κ3) is 4.19. The summed E-state index contributed by atoms with van der Waals surface area (Å²) in [5, 5.41) is 6.34. The molecule has 1 aliphatic heterocycles. The molecule has 0 spiro atoms. The fourth-order valence-corrected chi connectivity index (χ4v) is 3.01. The summed E-state index contributed by atoms with van der Waals surface area (Å²) < 4.78 is 0. The van der Waals surface area contributed by atoms with Crippen LogP contribution in [0.25, 0.3) is 0 Å². The first kappa shape index (κ1) is 15.3. The lowest BCUT2D eigenvalue weighted by Crippen LogP contribution is -2.39. The predicted molar refractivity (Wildman–Crippen MR) is 88.1 cm³/mol. The lowest BCUT2D eigenvalue weighted by Gasteiger charge is -2.32. The van der Waals surface area contributed by atoms with Gasteiger partial charge in [-0.1, -0.05) is 6.42 Å². The van der Waals surface area contributed by atoms with Gasteiger partial charge in [-0.05, 0) is 57.8 Å². The number of hydrogen-bond donors (Lipinski definition) is 2. The van der Waals surface area contributed by atoms with E-state index in [0.717, 1.165) is 18.8 Å². The molecule has 1 saturated heterocycles. The van der Waals surface area contributed by atoms with Gasteiger partial charge in [0.2, 0.25) is 0 Å². The van der Waals surface area contributed by atoms with Crippen molar-refractivity contribution in [3.63, 3.8) is 0 Å². The van der Waals surface area contributed by atoms with Gasteiger partial charge in [0.15, 0.2) is 0 Å². The SMILES string of the molecule is CN1CCCCC1CCNC(=O)c1ccc(NC2CC2)nc1. The highest BCUT2D eigenvalue weighted by Crippen LogP contribution is 2.23. The Morgan fingerprint density at radius 1 is 1.32 bits per heavy atom. The van der Waals surface area contributed by atoms with E-state index < -0.39 is 0 Å². The standard InChI is InChI=1S/C17H26N4O/c1-21-11-3-2-4-15(21)9-10-18-17(22)13-5-8-16(19-12-13)20-14-6-7-14/h5,8,12,14-15H,2-4,6-7,9-11H2,1H3,(H,18,22)(H,19,20). The Morgan fingerprint density at radius 2 is 2.18 bits per heavy atom. The molecule has 1 aromatic heterocycles. The second-order valence-corrected chi connectivity index (χ2v) is 6.53. The molecule has 0 bridgehead atoms. The molecule has 2 fully saturated rings. The molecule has 5 heteroatoms. The molecule has 2 aliphatic rings. The predicted octanol–water partition coefficient (Wildman–Crippen LogP) is 2.26. The molecule has 5 nitrogen and oxygen atoms in total. The minimum absolute atomic E-state index is 0.0241. The largest absolute Gasteiger partial charge is 0.367 e. The van der Waals surface area contributed by atoms with E-state index >= 15 is 0 Å². The van der Waals surface area contributed by atoms with E-state index in [1.165, 1.54) is 38.6 Å². The first-order chi connectivity index (χ1) is 10.7. The molecule has 2 N–H and O–H groups in total. The van der Waals surface area contributed by atoms with Gasteiger partial charge in [0, 0.05) is 24.8 Å². The summed E-state index contributed by atoms with van der Waals surface area (Å²) in [6.45, 7) is 1.91. The average Bonchev–Trinajstić information content (AvgIpc) is 3.34. The van der Waals surface area contributed by atoms with Crippen molar-refractivity contribution in [3.05, 3.63) is 23.9 Å². The van der Waals surface area contributed by atoms with Crippen LogP contribution < -0.4 is 10.6 Å². The van der Waals surface area contributed by atoms with Crippen molar-refractivity contribution in [2.24, 2.45) is 0 Å². The topological polar surface area (TPSA) is 57.3 Å². The van der Waals surface area contributed by atoms with Crippen LogP contribution in [0.5, 0.6) is 0 Å². The number of carbonyl (C=O) groups is 1. The van der Waals surface area contributed by atoms with Crippen molar-refractivity contribution >= 4 is 11.7 Å². The number of aromatic nitrogens is 1. The Hall–Kier alpha value is -1.62. The lowest BCUT2D eigenvalue weighted by molar-refractivity contribution is 0.0945. The Morgan fingerprint density at radius 3 is 2.86 bits per heavy atom. The van der Waals surface area contributed by atoms with E-state index in [-0.39, 0.29) is 5.91 Å². The van der Waals surface area contributed by atoms with E-state index in [4.69, 9.17) is 0 Å². The van der Waals surface area contributed by atoms with E-state index in [0.29, 0.717) is 17.6 Å². The van der Waals surface area contributed by atoms with Crippen LogP contribution in [-0.4, -0.2) is 48.0 Å². The summed E-state index contributed by atoms with van der Waals surface area (Å²) in [5.74, 6) is 0.840. The van der Waals surface area contributed by atoms with Gasteiger partial charge in [-0.2, -0.15) is 0 Å². The van der Waals surface area contributed by atoms with E-state index in [1.807, 2.05) is 12.1 Å². The molecule has 1 unspecified atom stereocenters. The molecule has 0 radical (unpaired) electrons. The number of hydrogen-bond acceptors (Lipinski definition) is 4.